The monoisotopic (exact) mass is 383 g/mol. The highest BCUT2D eigenvalue weighted by molar-refractivity contribution is 6.31. The lowest BCUT2D eigenvalue weighted by Crippen LogP contribution is -2.10. The van der Waals surface area contributed by atoms with Gasteiger partial charge in [0.2, 0.25) is 0 Å². The van der Waals surface area contributed by atoms with Crippen molar-refractivity contribution in [2.75, 3.05) is 6.61 Å². The number of nitrogens with zero attached hydrogens (tertiary/aromatic N) is 1. The third kappa shape index (κ3) is 3.96. The third-order valence-corrected chi connectivity index (χ3v) is 4.50. The predicted octanol–water partition coefficient (Wildman–Crippen LogP) is 5.46. The summed E-state index contributed by atoms with van der Waals surface area (Å²) >= 11 is 6.04. The van der Waals surface area contributed by atoms with Crippen LogP contribution in [0.1, 0.15) is 19.3 Å². The summed E-state index contributed by atoms with van der Waals surface area (Å²) in [6.45, 7) is 0.189. The molecule has 0 saturated carbocycles. The van der Waals surface area contributed by atoms with E-state index in [-0.39, 0.29) is 18.5 Å². The second-order valence-corrected chi connectivity index (χ2v) is 6.59. The minimum Gasteiger partial charge on any atom is -0.494 e. The van der Waals surface area contributed by atoms with E-state index in [1.165, 1.54) is 0 Å². The molecular weight excluding hydrogens is 367 g/mol. The number of aryl methyl sites for hydroxylation is 1. The second kappa shape index (κ2) is 7.19. The average molecular weight is 384 g/mol. The van der Waals surface area contributed by atoms with Crippen molar-refractivity contribution in [2.24, 2.45) is 7.05 Å². The number of unbranched alkanes of at least 4 members (excludes halogenated alkanes) is 1. The molecule has 3 nitrogen and oxygen atoms in total. The van der Waals surface area contributed by atoms with Crippen molar-refractivity contribution in [1.29, 1.82) is 0 Å². The second-order valence-electron chi connectivity index (χ2n) is 6.15. The number of alkyl halides is 3. The highest BCUT2D eigenvalue weighted by atomic mass is 35.5. The highest BCUT2D eigenvalue weighted by Gasteiger charge is 2.25. The molecule has 0 atom stereocenters. The van der Waals surface area contributed by atoms with Crippen molar-refractivity contribution in [3.05, 3.63) is 51.6 Å². The summed E-state index contributed by atoms with van der Waals surface area (Å²) < 4.78 is 43.8. The van der Waals surface area contributed by atoms with E-state index >= 15 is 0 Å². The van der Waals surface area contributed by atoms with Gasteiger partial charge in [0.05, 0.1) is 17.6 Å². The standard InChI is InChI=1S/C19H17ClF3NO2/c1-24-16-10-12(20)4-6-14(16)18(25)15-7-5-13(11-17(15)24)26-9-3-2-8-19(21,22)23/h4-7,10-11H,2-3,8-9H2,1H3. The average Bonchev–Trinajstić information content (AvgIpc) is 2.58. The van der Waals surface area contributed by atoms with Crippen LogP contribution in [0, 0.1) is 0 Å². The Balaban J connectivity index is 1.85. The Kier molecular flexibility index (Phi) is 5.14. The molecule has 7 heteroatoms. The van der Waals surface area contributed by atoms with Crippen molar-refractivity contribution in [1.82, 2.24) is 4.57 Å². The van der Waals surface area contributed by atoms with E-state index in [0.717, 1.165) is 0 Å². The number of fused-ring (bicyclic) bond motifs is 2. The molecule has 3 aromatic rings. The first-order valence-corrected chi connectivity index (χ1v) is 8.55. The fourth-order valence-corrected chi connectivity index (χ4v) is 3.10. The van der Waals surface area contributed by atoms with E-state index in [1.807, 2.05) is 11.6 Å². The van der Waals surface area contributed by atoms with Crippen LogP contribution in [-0.2, 0) is 7.05 Å². The molecule has 0 radical (unpaired) electrons. The van der Waals surface area contributed by atoms with Gasteiger partial charge in [-0.1, -0.05) is 11.6 Å². The number of ether oxygens (including phenoxy) is 1. The van der Waals surface area contributed by atoms with Crippen molar-refractivity contribution in [3.8, 4) is 5.75 Å². The quantitative estimate of drug-likeness (QED) is 0.433. The van der Waals surface area contributed by atoms with Gasteiger partial charge in [0.1, 0.15) is 5.75 Å². The van der Waals surface area contributed by atoms with Crippen LogP contribution in [0.2, 0.25) is 5.02 Å². The SMILES string of the molecule is Cn1c2cc(Cl)ccc2c(=O)c2ccc(OCCCCC(F)(F)F)cc21. The van der Waals surface area contributed by atoms with E-state index in [9.17, 15) is 18.0 Å². The minimum absolute atomic E-state index is 0.0265. The van der Waals surface area contributed by atoms with E-state index in [0.29, 0.717) is 39.0 Å². The van der Waals surface area contributed by atoms with E-state index in [4.69, 9.17) is 16.3 Å². The summed E-state index contributed by atoms with van der Waals surface area (Å²) in [5.41, 5.74) is 1.29. The molecule has 1 heterocycles. The zero-order valence-corrected chi connectivity index (χ0v) is 14.8. The Hall–Kier alpha value is -2.21. The first-order chi connectivity index (χ1) is 12.3. The first kappa shape index (κ1) is 18.6. The minimum atomic E-state index is -4.14. The lowest BCUT2D eigenvalue weighted by Gasteiger charge is -2.13. The smallest absolute Gasteiger partial charge is 0.389 e. The molecule has 0 aliphatic carbocycles. The largest absolute Gasteiger partial charge is 0.494 e. The van der Waals surface area contributed by atoms with Crippen LogP contribution in [0.15, 0.2) is 41.2 Å². The van der Waals surface area contributed by atoms with Crippen molar-refractivity contribution < 1.29 is 17.9 Å². The number of hydrogen-bond acceptors (Lipinski definition) is 2. The molecule has 138 valence electrons. The number of hydrogen-bond donors (Lipinski definition) is 0. The topological polar surface area (TPSA) is 31.2 Å². The molecule has 0 unspecified atom stereocenters. The van der Waals surface area contributed by atoms with Crippen molar-refractivity contribution >= 4 is 33.4 Å². The van der Waals surface area contributed by atoms with Gasteiger partial charge in [-0.05, 0) is 43.2 Å². The third-order valence-electron chi connectivity index (χ3n) is 4.26. The number of benzene rings is 2. The summed E-state index contributed by atoms with van der Waals surface area (Å²) in [5.74, 6) is 0.515. The molecule has 0 bridgehead atoms. The molecule has 0 fully saturated rings. The maximum absolute atomic E-state index is 12.7. The Morgan fingerprint density at radius 2 is 1.69 bits per heavy atom. The zero-order chi connectivity index (χ0) is 18.9. The van der Waals surface area contributed by atoms with Crippen LogP contribution in [-0.4, -0.2) is 17.4 Å². The lowest BCUT2D eigenvalue weighted by atomic mass is 10.1. The predicted molar refractivity (Wildman–Crippen MR) is 97.1 cm³/mol. The van der Waals surface area contributed by atoms with Crippen LogP contribution < -0.4 is 10.2 Å². The summed E-state index contributed by atoms with van der Waals surface area (Å²) in [7, 11) is 1.83. The summed E-state index contributed by atoms with van der Waals surface area (Å²) in [6, 6.07) is 10.2. The van der Waals surface area contributed by atoms with E-state index in [2.05, 4.69) is 0 Å². The van der Waals surface area contributed by atoms with Gasteiger partial charge in [0.15, 0.2) is 5.43 Å². The highest BCUT2D eigenvalue weighted by Crippen LogP contribution is 2.25. The van der Waals surface area contributed by atoms with Gasteiger partial charge in [-0.3, -0.25) is 4.79 Å². The molecule has 0 aliphatic heterocycles. The fourth-order valence-electron chi connectivity index (χ4n) is 2.94. The van der Waals surface area contributed by atoms with Gasteiger partial charge < -0.3 is 9.30 Å². The van der Waals surface area contributed by atoms with Gasteiger partial charge in [-0.25, -0.2) is 0 Å². The van der Waals surface area contributed by atoms with Gasteiger partial charge in [-0.2, -0.15) is 13.2 Å². The molecule has 0 aliphatic rings. The molecule has 3 rings (SSSR count). The van der Waals surface area contributed by atoms with Crippen LogP contribution in [0.25, 0.3) is 21.8 Å². The number of pyridine rings is 1. The molecule has 0 saturated heterocycles. The lowest BCUT2D eigenvalue weighted by molar-refractivity contribution is -0.135. The maximum atomic E-state index is 12.7. The number of halogens is 4. The van der Waals surface area contributed by atoms with Crippen molar-refractivity contribution in [3.63, 3.8) is 0 Å². The molecule has 0 amide bonds. The van der Waals surface area contributed by atoms with Crippen LogP contribution in [0.5, 0.6) is 5.75 Å². The molecular formula is C19H17ClF3NO2. The Morgan fingerprint density at radius 3 is 2.38 bits per heavy atom. The van der Waals surface area contributed by atoms with Gasteiger partial charge in [-0.15, -0.1) is 0 Å². The van der Waals surface area contributed by atoms with Gasteiger partial charge in [0.25, 0.3) is 0 Å². The number of aromatic nitrogens is 1. The summed E-state index contributed by atoms with van der Waals surface area (Å²) in [4.78, 5) is 12.7. The summed E-state index contributed by atoms with van der Waals surface area (Å²) in [6.07, 6.45) is -4.61. The van der Waals surface area contributed by atoms with Crippen LogP contribution in [0.3, 0.4) is 0 Å². The normalized spacial score (nSPS) is 12.0. The molecule has 2 aromatic carbocycles. The molecule has 0 N–H and O–H groups in total. The maximum Gasteiger partial charge on any atom is 0.389 e. The van der Waals surface area contributed by atoms with Crippen molar-refractivity contribution in [2.45, 2.75) is 25.4 Å². The zero-order valence-electron chi connectivity index (χ0n) is 14.1. The van der Waals surface area contributed by atoms with E-state index in [1.54, 1.807) is 36.4 Å². The van der Waals surface area contributed by atoms with Gasteiger partial charge >= 0.3 is 6.18 Å². The Labute approximate surface area is 152 Å². The molecule has 26 heavy (non-hydrogen) atoms. The first-order valence-electron chi connectivity index (χ1n) is 8.18. The van der Waals surface area contributed by atoms with E-state index < -0.39 is 12.6 Å². The Morgan fingerprint density at radius 1 is 1.04 bits per heavy atom. The summed E-state index contributed by atoms with van der Waals surface area (Å²) in [5, 5.41) is 1.65. The van der Waals surface area contributed by atoms with Gasteiger partial charge in [0, 0.05) is 35.3 Å². The van der Waals surface area contributed by atoms with Crippen LogP contribution in [0.4, 0.5) is 13.2 Å². The van der Waals surface area contributed by atoms with Crippen LogP contribution >= 0.6 is 11.6 Å². The molecule has 0 spiro atoms. The number of rotatable bonds is 5. The fraction of sp³-hybridized carbons (Fsp3) is 0.316. The Bertz CT molecular complexity index is 1010. The molecule has 1 aromatic heterocycles.